The minimum atomic E-state index is 1.05. The van der Waals surface area contributed by atoms with Gasteiger partial charge in [-0.1, -0.05) is 158 Å². The van der Waals surface area contributed by atoms with Crippen LogP contribution in [0.2, 0.25) is 0 Å². The highest BCUT2D eigenvalue weighted by Crippen LogP contribution is 2.50. The molecule has 9 aromatic carbocycles. The van der Waals surface area contributed by atoms with Crippen LogP contribution in [-0.4, -0.2) is 0 Å². The Morgan fingerprint density at radius 3 is 1.96 bits per heavy atom. The molecule has 0 saturated heterocycles. The van der Waals surface area contributed by atoms with E-state index >= 15 is 0 Å². The van der Waals surface area contributed by atoms with Crippen LogP contribution in [0.1, 0.15) is 36.0 Å². The minimum absolute atomic E-state index is 1.05. The van der Waals surface area contributed by atoms with E-state index < -0.39 is 0 Å². The van der Waals surface area contributed by atoms with Crippen molar-refractivity contribution in [3.63, 3.8) is 0 Å². The van der Waals surface area contributed by atoms with Crippen molar-refractivity contribution in [2.75, 3.05) is 4.90 Å². The van der Waals surface area contributed by atoms with Gasteiger partial charge in [-0.25, -0.2) is 0 Å². The molecule has 0 saturated carbocycles. The maximum absolute atomic E-state index is 2.50. The van der Waals surface area contributed by atoms with Crippen LogP contribution in [0.3, 0.4) is 0 Å². The number of para-hydroxylation sites is 1. The lowest BCUT2D eigenvalue weighted by Crippen LogP contribution is -2.09. The molecular formula is C56H41N. The minimum Gasteiger partial charge on any atom is -0.310 e. The summed E-state index contributed by atoms with van der Waals surface area (Å²) in [4.78, 5) is 2.40. The number of fused-ring (bicyclic) bond motifs is 8. The fraction of sp³-hybridized carbons (Fsp3) is 0.0714. The van der Waals surface area contributed by atoms with Gasteiger partial charge in [0.1, 0.15) is 0 Å². The Bertz CT molecular complexity index is 3110. The highest BCUT2D eigenvalue weighted by Gasteiger charge is 2.24. The SMILES string of the molecule is C1=CC(c2cc(-c3ccccc3)c3c4ccc(N(c5ccccc5)c5ccc6ccccc6c5)cc4c4ccccc4c3c2-c2ccc3c(c2)CCC=C3)=CCC1. The summed E-state index contributed by atoms with van der Waals surface area (Å²) in [5.74, 6) is 0. The van der Waals surface area contributed by atoms with Crippen molar-refractivity contribution in [2.24, 2.45) is 0 Å². The second-order valence-corrected chi connectivity index (χ2v) is 15.4. The molecule has 0 spiro atoms. The molecule has 2 aliphatic carbocycles. The van der Waals surface area contributed by atoms with Crippen LogP contribution in [0.25, 0.3) is 77.0 Å². The molecular weight excluding hydrogens is 687 g/mol. The van der Waals surface area contributed by atoms with Gasteiger partial charge in [-0.05, 0) is 156 Å². The molecule has 57 heavy (non-hydrogen) atoms. The Labute approximate surface area is 334 Å². The number of aryl methyl sites for hydroxylation is 1. The van der Waals surface area contributed by atoms with Gasteiger partial charge in [-0.15, -0.1) is 0 Å². The van der Waals surface area contributed by atoms with Crippen molar-refractivity contribution in [1.82, 2.24) is 0 Å². The van der Waals surface area contributed by atoms with Crippen molar-refractivity contribution in [3.8, 4) is 22.3 Å². The second kappa shape index (κ2) is 14.0. The highest BCUT2D eigenvalue weighted by atomic mass is 15.1. The Hall–Kier alpha value is -6.96. The lowest BCUT2D eigenvalue weighted by atomic mass is 9.80. The standard InChI is InChI=1S/C56H41N/c1-4-18-40(19-5-1)51-37-52(41-20-6-2-7-21-41)55-50-33-32-47(57(45-24-8-3-9-25-45)46-31-30-39-17-11-13-23-43(39)35-46)36-53(50)48-26-14-15-27-49(48)56(55)54(51)44-29-28-38-16-10-12-22-42(38)34-44/h2-4,6-11,13-21,23-37H,1,5,12,22H2. The number of allylic oxidation sites excluding steroid dienone is 5. The summed E-state index contributed by atoms with van der Waals surface area (Å²) in [6.45, 7) is 0. The lowest BCUT2D eigenvalue weighted by molar-refractivity contribution is 0.986. The molecule has 0 aliphatic heterocycles. The van der Waals surface area contributed by atoms with Crippen LogP contribution in [0, 0.1) is 0 Å². The molecule has 0 N–H and O–H groups in total. The van der Waals surface area contributed by atoms with Crippen molar-refractivity contribution in [2.45, 2.75) is 25.7 Å². The first-order valence-electron chi connectivity index (χ1n) is 20.3. The number of anilines is 3. The predicted octanol–water partition coefficient (Wildman–Crippen LogP) is 15.8. The highest BCUT2D eigenvalue weighted by molar-refractivity contribution is 6.33. The first kappa shape index (κ1) is 33.4. The smallest absolute Gasteiger partial charge is 0.0468 e. The van der Waals surface area contributed by atoms with Gasteiger partial charge in [0, 0.05) is 17.1 Å². The number of hydrogen-bond donors (Lipinski definition) is 0. The van der Waals surface area contributed by atoms with Gasteiger partial charge in [-0.2, -0.15) is 0 Å². The summed E-state index contributed by atoms with van der Waals surface area (Å²) in [6.07, 6.45) is 16.0. The molecule has 0 amide bonds. The molecule has 11 rings (SSSR count). The van der Waals surface area contributed by atoms with Crippen molar-refractivity contribution in [3.05, 3.63) is 211 Å². The van der Waals surface area contributed by atoms with Crippen molar-refractivity contribution < 1.29 is 0 Å². The van der Waals surface area contributed by atoms with Crippen LogP contribution in [0.4, 0.5) is 17.1 Å². The number of hydrogen-bond acceptors (Lipinski definition) is 1. The van der Waals surface area contributed by atoms with E-state index in [1.165, 1.54) is 87.6 Å². The van der Waals surface area contributed by atoms with Crippen LogP contribution in [0.15, 0.2) is 194 Å². The molecule has 9 aromatic rings. The summed E-state index contributed by atoms with van der Waals surface area (Å²) >= 11 is 0. The van der Waals surface area contributed by atoms with Crippen LogP contribution in [0.5, 0.6) is 0 Å². The molecule has 0 aromatic heterocycles. The molecule has 0 bridgehead atoms. The quantitative estimate of drug-likeness (QED) is 0.154. The molecule has 0 fully saturated rings. The maximum atomic E-state index is 2.50. The van der Waals surface area contributed by atoms with Crippen LogP contribution >= 0.6 is 0 Å². The Morgan fingerprint density at radius 2 is 1.12 bits per heavy atom. The van der Waals surface area contributed by atoms with Gasteiger partial charge >= 0.3 is 0 Å². The van der Waals surface area contributed by atoms with Gasteiger partial charge in [0.2, 0.25) is 0 Å². The molecule has 0 radical (unpaired) electrons. The van der Waals surface area contributed by atoms with Crippen molar-refractivity contribution in [1.29, 1.82) is 0 Å². The summed E-state index contributed by atoms with van der Waals surface area (Å²) < 4.78 is 0. The van der Waals surface area contributed by atoms with E-state index in [4.69, 9.17) is 0 Å². The lowest BCUT2D eigenvalue weighted by Gasteiger charge is -2.27. The van der Waals surface area contributed by atoms with E-state index in [0.717, 1.165) is 42.7 Å². The fourth-order valence-electron chi connectivity index (χ4n) is 9.40. The zero-order chi connectivity index (χ0) is 37.7. The van der Waals surface area contributed by atoms with Gasteiger partial charge in [0.05, 0.1) is 0 Å². The summed E-state index contributed by atoms with van der Waals surface area (Å²) in [5.41, 5.74) is 13.9. The molecule has 0 unspecified atom stereocenters. The third-order valence-electron chi connectivity index (χ3n) is 12.1. The van der Waals surface area contributed by atoms with Gasteiger partial charge in [0.15, 0.2) is 0 Å². The first-order valence-corrected chi connectivity index (χ1v) is 20.3. The average molecular weight is 728 g/mol. The number of rotatable bonds is 6. The third kappa shape index (κ3) is 5.78. The topological polar surface area (TPSA) is 3.24 Å². The predicted molar refractivity (Wildman–Crippen MR) is 246 cm³/mol. The summed E-state index contributed by atoms with van der Waals surface area (Å²) in [6, 6.07) is 63.2. The Morgan fingerprint density at radius 1 is 0.404 bits per heavy atom. The fourth-order valence-corrected chi connectivity index (χ4v) is 9.40. The molecule has 2 aliphatic rings. The van der Waals surface area contributed by atoms with E-state index in [-0.39, 0.29) is 0 Å². The molecule has 0 heterocycles. The normalized spacial score (nSPS) is 13.6. The van der Waals surface area contributed by atoms with Crippen LogP contribution in [-0.2, 0) is 6.42 Å². The van der Waals surface area contributed by atoms with E-state index in [9.17, 15) is 0 Å². The van der Waals surface area contributed by atoms with Crippen molar-refractivity contribution >= 4 is 71.8 Å². The van der Waals surface area contributed by atoms with Gasteiger partial charge in [0.25, 0.3) is 0 Å². The Kier molecular flexibility index (Phi) is 8.18. The second-order valence-electron chi connectivity index (χ2n) is 15.4. The average Bonchev–Trinajstić information content (AvgIpc) is 3.29. The zero-order valence-corrected chi connectivity index (χ0v) is 31.8. The van der Waals surface area contributed by atoms with Crippen LogP contribution < -0.4 is 4.90 Å². The van der Waals surface area contributed by atoms with E-state index in [1.54, 1.807) is 0 Å². The zero-order valence-electron chi connectivity index (χ0n) is 31.8. The number of nitrogens with zero attached hydrogens (tertiary/aromatic N) is 1. The van der Waals surface area contributed by atoms with Gasteiger partial charge in [-0.3, -0.25) is 0 Å². The molecule has 270 valence electrons. The molecule has 1 heteroatoms. The molecule has 1 nitrogen and oxygen atoms in total. The van der Waals surface area contributed by atoms with E-state index in [1.807, 2.05) is 0 Å². The van der Waals surface area contributed by atoms with Gasteiger partial charge < -0.3 is 4.90 Å². The number of benzene rings is 9. The van der Waals surface area contributed by atoms with E-state index in [2.05, 4.69) is 205 Å². The Balaban J connectivity index is 1.26. The summed E-state index contributed by atoms with van der Waals surface area (Å²) in [5, 5.41) is 10.1. The first-order chi connectivity index (χ1) is 28.3. The molecule has 0 atom stereocenters. The third-order valence-corrected chi connectivity index (χ3v) is 12.1. The van der Waals surface area contributed by atoms with E-state index in [0.29, 0.717) is 0 Å². The monoisotopic (exact) mass is 727 g/mol. The largest absolute Gasteiger partial charge is 0.310 e. The maximum Gasteiger partial charge on any atom is 0.0468 e. The summed E-state index contributed by atoms with van der Waals surface area (Å²) in [7, 11) is 0.